The monoisotopic (exact) mass is 542 g/mol. The third-order valence-corrected chi connectivity index (χ3v) is 11.7. The number of sulfonamides is 1. The van der Waals surface area contributed by atoms with Crippen molar-refractivity contribution < 1.29 is 16.8 Å². The van der Waals surface area contributed by atoms with Crippen molar-refractivity contribution in [3.8, 4) is 0 Å². The van der Waals surface area contributed by atoms with Crippen LogP contribution in [0.5, 0.6) is 0 Å². The van der Waals surface area contributed by atoms with Crippen LogP contribution in [-0.4, -0.2) is 51.7 Å². The summed E-state index contributed by atoms with van der Waals surface area (Å²) in [6.07, 6.45) is 5.96. The Morgan fingerprint density at radius 2 is 1.78 bits per heavy atom. The van der Waals surface area contributed by atoms with Gasteiger partial charge >= 0.3 is 0 Å². The molecule has 4 aromatic rings. The molecule has 0 aliphatic heterocycles. The Labute approximate surface area is 216 Å². The predicted molar refractivity (Wildman–Crippen MR) is 139 cm³/mol. The smallest absolute Gasteiger partial charge is 0.269 e. The summed E-state index contributed by atoms with van der Waals surface area (Å²) in [7, 11) is -7.19. The Morgan fingerprint density at radius 1 is 1.03 bits per heavy atom. The van der Waals surface area contributed by atoms with Crippen molar-refractivity contribution in [2.75, 3.05) is 0 Å². The highest BCUT2D eigenvalue weighted by molar-refractivity contribution is 7.90. The van der Waals surface area contributed by atoms with E-state index >= 15 is 0 Å². The Balaban J connectivity index is 1.34. The molecule has 2 aliphatic carbocycles. The molecule has 0 radical (unpaired) electrons. The highest BCUT2D eigenvalue weighted by atomic mass is 32.2. The van der Waals surface area contributed by atoms with Crippen molar-refractivity contribution in [2.45, 2.75) is 68.6 Å². The minimum Gasteiger partial charge on any atom is -0.274 e. The minimum absolute atomic E-state index is 0.0356. The molecule has 196 valence electrons. The topological polar surface area (TPSA) is 128 Å². The second-order valence-electron chi connectivity index (χ2n) is 10.5. The number of aryl methyl sites for hydroxylation is 1. The molecule has 5 atom stereocenters. The van der Waals surface area contributed by atoms with Gasteiger partial charge in [0.25, 0.3) is 10.0 Å². The third-order valence-electron chi connectivity index (χ3n) is 7.96. The lowest BCUT2D eigenvalue weighted by atomic mass is 9.97. The largest absolute Gasteiger partial charge is 0.274 e. The number of fused-ring (bicyclic) bond motifs is 3. The molecule has 0 amide bonds. The summed E-state index contributed by atoms with van der Waals surface area (Å²) in [5, 5.41) is 8.48. The normalized spacial score (nSPS) is 26.3. The molecule has 2 aliphatic rings. The Morgan fingerprint density at radius 3 is 2.49 bits per heavy atom. The summed E-state index contributed by atoms with van der Waals surface area (Å²) in [5.41, 5.74) is 2.37. The van der Waals surface area contributed by atoms with E-state index in [0.717, 1.165) is 18.4 Å². The second-order valence-corrected chi connectivity index (χ2v) is 14.3. The molecule has 2 saturated carbocycles. The molecular weight excluding hydrogens is 512 g/mol. The van der Waals surface area contributed by atoms with Gasteiger partial charge in [-0.05, 0) is 56.2 Å². The van der Waals surface area contributed by atoms with Crippen molar-refractivity contribution in [3.05, 3.63) is 54.1 Å². The standard InChI is InChI=1S/C25H30N6O4S2/c1-4-17-12-22(17)36(32,33)29-18-11-16(3)20(13-18)24-28-27-23-14-26-25-21(31(23)24)9-10-30(25)37(34,35)19-7-5-15(2)6-8-19/h5-10,14,16-18,20,22,29H,4,11-13H2,1-3H3/t16-,17?,18+,20+,22?/m1/s1. The number of nitrogens with zero attached hydrogens (tertiary/aromatic N) is 5. The molecule has 3 heterocycles. The molecule has 0 bridgehead atoms. The van der Waals surface area contributed by atoms with Crippen molar-refractivity contribution in [1.82, 2.24) is 28.3 Å². The maximum absolute atomic E-state index is 13.4. The van der Waals surface area contributed by atoms with Crippen molar-refractivity contribution in [1.29, 1.82) is 0 Å². The fourth-order valence-electron chi connectivity index (χ4n) is 5.76. The molecule has 12 heteroatoms. The van der Waals surface area contributed by atoms with Crippen molar-refractivity contribution >= 4 is 36.9 Å². The molecule has 3 aromatic heterocycles. The van der Waals surface area contributed by atoms with Crippen LogP contribution in [0.25, 0.3) is 16.8 Å². The van der Waals surface area contributed by atoms with Crippen LogP contribution in [0.1, 0.15) is 56.8 Å². The molecule has 2 unspecified atom stereocenters. The summed E-state index contributed by atoms with van der Waals surface area (Å²) < 4.78 is 58.4. The van der Waals surface area contributed by atoms with Crippen LogP contribution in [-0.2, 0) is 20.0 Å². The quantitative estimate of drug-likeness (QED) is 0.380. The van der Waals surface area contributed by atoms with Gasteiger partial charge in [-0.3, -0.25) is 4.40 Å². The maximum Gasteiger partial charge on any atom is 0.269 e. The minimum atomic E-state index is -3.85. The summed E-state index contributed by atoms with van der Waals surface area (Å²) >= 11 is 0. The van der Waals surface area contributed by atoms with Gasteiger partial charge in [-0.15, -0.1) is 10.2 Å². The molecule has 1 N–H and O–H groups in total. The van der Waals surface area contributed by atoms with Gasteiger partial charge in [-0.2, -0.15) is 0 Å². The van der Waals surface area contributed by atoms with Gasteiger partial charge in [-0.1, -0.05) is 38.0 Å². The van der Waals surface area contributed by atoms with E-state index in [-0.39, 0.29) is 39.6 Å². The summed E-state index contributed by atoms with van der Waals surface area (Å²) in [4.78, 5) is 4.59. The first kappa shape index (κ1) is 24.5. The number of hydrogen-bond donors (Lipinski definition) is 1. The molecule has 6 rings (SSSR count). The summed E-state index contributed by atoms with van der Waals surface area (Å²) in [6.45, 7) is 6.03. The van der Waals surface area contributed by atoms with Gasteiger partial charge < -0.3 is 0 Å². The first-order valence-electron chi connectivity index (χ1n) is 12.6. The van der Waals surface area contributed by atoms with E-state index in [1.54, 1.807) is 30.3 Å². The maximum atomic E-state index is 13.4. The van der Waals surface area contributed by atoms with Crippen LogP contribution >= 0.6 is 0 Å². The Bertz CT molecular complexity index is 1710. The van der Waals surface area contributed by atoms with E-state index in [4.69, 9.17) is 0 Å². The molecule has 1 aromatic carbocycles. The number of hydrogen-bond acceptors (Lipinski definition) is 7. The number of benzene rings is 1. The van der Waals surface area contributed by atoms with Gasteiger partial charge in [-0.25, -0.2) is 30.5 Å². The lowest BCUT2D eigenvalue weighted by Crippen LogP contribution is -2.36. The fourth-order valence-corrected chi connectivity index (χ4v) is 9.09. The van der Waals surface area contributed by atoms with Crippen molar-refractivity contribution in [3.63, 3.8) is 0 Å². The van der Waals surface area contributed by atoms with E-state index in [0.29, 0.717) is 29.8 Å². The van der Waals surface area contributed by atoms with E-state index in [1.165, 1.54) is 16.4 Å². The average molecular weight is 543 g/mol. The number of rotatable bonds is 7. The van der Waals surface area contributed by atoms with Crippen LogP contribution in [0.2, 0.25) is 0 Å². The lowest BCUT2D eigenvalue weighted by Gasteiger charge is -2.14. The lowest BCUT2D eigenvalue weighted by molar-refractivity contribution is 0.505. The SMILES string of the molecule is CCC1CC1S(=O)(=O)N[C@H]1C[C@@H](C)[C@@H](c2nnc3cnc4c(ccn4S(=O)(=O)c4ccc(C)cc4)n23)C1. The third kappa shape index (κ3) is 4.05. The van der Waals surface area contributed by atoms with Gasteiger partial charge in [0.15, 0.2) is 11.3 Å². The number of aromatic nitrogens is 5. The van der Waals surface area contributed by atoms with Crippen molar-refractivity contribution in [2.24, 2.45) is 11.8 Å². The Hall–Kier alpha value is -2.83. The summed E-state index contributed by atoms with van der Waals surface area (Å²) in [5.74, 6) is 1.09. The average Bonchev–Trinajstić information content (AvgIpc) is 3.15. The van der Waals surface area contributed by atoms with E-state index < -0.39 is 20.0 Å². The fraction of sp³-hybridized carbons (Fsp3) is 0.480. The van der Waals surface area contributed by atoms with Gasteiger partial charge in [0.2, 0.25) is 10.0 Å². The molecule has 2 fully saturated rings. The van der Waals surface area contributed by atoms with E-state index in [2.05, 4.69) is 26.8 Å². The molecule has 0 spiro atoms. The molecule has 37 heavy (non-hydrogen) atoms. The molecule has 10 nitrogen and oxygen atoms in total. The highest BCUT2D eigenvalue weighted by Gasteiger charge is 2.47. The zero-order valence-corrected chi connectivity index (χ0v) is 22.6. The van der Waals surface area contributed by atoms with E-state index in [9.17, 15) is 16.8 Å². The second kappa shape index (κ2) is 8.60. The predicted octanol–water partition coefficient (Wildman–Crippen LogP) is 3.22. The Kier molecular flexibility index (Phi) is 5.70. The van der Waals surface area contributed by atoms with Gasteiger partial charge in [0, 0.05) is 18.2 Å². The van der Waals surface area contributed by atoms with Crippen LogP contribution in [0.4, 0.5) is 0 Å². The first-order valence-corrected chi connectivity index (χ1v) is 15.6. The number of nitrogens with one attached hydrogen (secondary N) is 1. The molecule has 0 saturated heterocycles. The van der Waals surface area contributed by atoms with Gasteiger partial charge in [0.1, 0.15) is 5.82 Å². The van der Waals surface area contributed by atoms with Crippen LogP contribution in [0, 0.1) is 18.8 Å². The van der Waals surface area contributed by atoms with E-state index in [1.807, 2.05) is 18.2 Å². The van der Waals surface area contributed by atoms with Crippen LogP contribution in [0.15, 0.2) is 47.6 Å². The van der Waals surface area contributed by atoms with Gasteiger partial charge in [0.05, 0.1) is 21.9 Å². The van der Waals surface area contributed by atoms with Crippen LogP contribution in [0.3, 0.4) is 0 Å². The van der Waals surface area contributed by atoms with Crippen LogP contribution < -0.4 is 4.72 Å². The zero-order valence-electron chi connectivity index (χ0n) is 20.9. The summed E-state index contributed by atoms with van der Waals surface area (Å²) in [6, 6.07) is 8.25. The highest BCUT2D eigenvalue weighted by Crippen LogP contribution is 2.43. The first-order chi connectivity index (χ1) is 17.6. The molecular formula is C25H30N6O4S2. The zero-order chi connectivity index (χ0) is 26.1.